The summed E-state index contributed by atoms with van der Waals surface area (Å²) in [6.45, 7) is 6.94. The number of benzene rings is 1. The van der Waals surface area contributed by atoms with Crippen molar-refractivity contribution >= 4 is 34.9 Å². The van der Waals surface area contributed by atoms with E-state index in [4.69, 9.17) is 4.98 Å². The third kappa shape index (κ3) is 6.47. The van der Waals surface area contributed by atoms with Gasteiger partial charge < -0.3 is 19.6 Å². The summed E-state index contributed by atoms with van der Waals surface area (Å²) in [6, 6.07) is 10.2. The summed E-state index contributed by atoms with van der Waals surface area (Å²) in [5.41, 5.74) is 5.00. The van der Waals surface area contributed by atoms with Crippen molar-refractivity contribution in [1.29, 1.82) is 0 Å². The number of aldehydes is 1. The van der Waals surface area contributed by atoms with Crippen molar-refractivity contribution in [2.75, 3.05) is 51.2 Å². The lowest BCUT2D eigenvalue weighted by Crippen LogP contribution is -2.50. The maximum atomic E-state index is 13.0. The lowest BCUT2D eigenvalue weighted by atomic mass is 9.85. The van der Waals surface area contributed by atoms with Crippen LogP contribution in [-0.4, -0.2) is 83.9 Å². The Kier molecular flexibility index (Phi) is 8.79. The van der Waals surface area contributed by atoms with Gasteiger partial charge in [0.1, 0.15) is 11.9 Å². The normalized spacial score (nSPS) is 21.1. The average Bonchev–Trinajstić information content (AvgIpc) is 3.81. The summed E-state index contributed by atoms with van der Waals surface area (Å²) < 4.78 is 2.41. The van der Waals surface area contributed by atoms with Crippen molar-refractivity contribution in [1.82, 2.24) is 24.7 Å². The predicted molar refractivity (Wildman–Crippen MR) is 169 cm³/mol. The number of pyridine rings is 1. The van der Waals surface area contributed by atoms with Crippen molar-refractivity contribution < 1.29 is 14.4 Å². The number of aryl methyl sites for hydroxylation is 1. The minimum Gasteiger partial charge on any atom is -0.341 e. The van der Waals surface area contributed by atoms with Gasteiger partial charge in [-0.3, -0.25) is 14.6 Å². The maximum absolute atomic E-state index is 13.0. The highest BCUT2D eigenvalue weighted by Crippen LogP contribution is 2.46. The second kappa shape index (κ2) is 12.9. The summed E-state index contributed by atoms with van der Waals surface area (Å²) in [5.74, 6) is 1.40. The number of urea groups is 1. The zero-order chi connectivity index (χ0) is 29.9. The number of rotatable bonds is 9. The van der Waals surface area contributed by atoms with E-state index in [-0.39, 0.29) is 18.4 Å². The van der Waals surface area contributed by atoms with Crippen LogP contribution in [-0.2, 0) is 4.79 Å². The van der Waals surface area contributed by atoms with Crippen LogP contribution in [0, 0.1) is 12.8 Å². The molecule has 6 rings (SSSR count). The largest absolute Gasteiger partial charge is 0.341 e. The minimum atomic E-state index is -0.229. The predicted octanol–water partition coefficient (Wildman–Crippen LogP) is 5.15. The lowest BCUT2D eigenvalue weighted by molar-refractivity contribution is -0.107. The first-order chi connectivity index (χ1) is 20.9. The van der Waals surface area contributed by atoms with Crippen LogP contribution in [0.25, 0.3) is 11.0 Å². The highest BCUT2D eigenvalue weighted by atomic mass is 16.2. The third-order valence-electron chi connectivity index (χ3n) is 9.59. The monoisotopic (exact) mass is 584 g/mol. The van der Waals surface area contributed by atoms with Crippen LogP contribution in [0.1, 0.15) is 78.4 Å². The van der Waals surface area contributed by atoms with Crippen molar-refractivity contribution in [2.45, 2.75) is 63.8 Å². The molecule has 0 spiro atoms. The Labute approximate surface area is 254 Å². The first kappa shape index (κ1) is 29.4. The van der Waals surface area contributed by atoms with Crippen LogP contribution in [0.15, 0.2) is 42.7 Å². The Balaban J connectivity index is 1.07. The molecule has 0 radical (unpaired) electrons. The molecule has 2 saturated carbocycles. The van der Waals surface area contributed by atoms with Crippen LogP contribution in [0.4, 0.5) is 10.5 Å². The van der Waals surface area contributed by atoms with Crippen LogP contribution in [0.3, 0.4) is 0 Å². The molecule has 1 aliphatic heterocycles. The molecule has 9 nitrogen and oxygen atoms in total. The van der Waals surface area contributed by atoms with E-state index < -0.39 is 0 Å². The SMILES string of the molecule is CNC(=O)N(CCC=O)c1cnc2c(c1)c(C1CC1)cn2C1CCC(CN2CCN(C(=O)c3cccc(C)c3)CC2)CC1. The van der Waals surface area contributed by atoms with E-state index in [0.717, 1.165) is 79.7 Å². The second-order valence-corrected chi connectivity index (χ2v) is 12.6. The van der Waals surface area contributed by atoms with Gasteiger partial charge in [0.2, 0.25) is 0 Å². The van der Waals surface area contributed by atoms with Crippen molar-refractivity contribution in [3.8, 4) is 0 Å². The van der Waals surface area contributed by atoms with Crippen LogP contribution < -0.4 is 10.2 Å². The molecule has 3 amide bonds. The van der Waals surface area contributed by atoms with Gasteiger partial charge in [-0.2, -0.15) is 0 Å². The number of fused-ring (bicyclic) bond motifs is 1. The maximum Gasteiger partial charge on any atom is 0.321 e. The summed E-state index contributed by atoms with van der Waals surface area (Å²) in [4.78, 5) is 47.6. The highest BCUT2D eigenvalue weighted by molar-refractivity contribution is 5.95. The van der Waals surface area contributed by atoms with Crippen LogP contribution >= 0.6 is 0 Å². The van der Waals surface area contributed by atoms with Crippen LogP contribution in [0.5, 0.6) is 0 Å². The van der Waals surface area contributed by atoms with Crippen molar-refractivity contribution in [3.63, 3.8) is 0 Å². The smallest absolute Gasteiger partial charge is 0.321 e. The Morgan fingerprint density at radius 1 is 1.05 bits per heavy atom. The van der Waals surface area contributed by atoms with Gasteiger partial charge in [-0.15, -0.1) is 0 Å². The van der Waals surface area contributed by atoms with E-state index in [9.17, 15) is 14.4 Å². The Bertz CT molecular complexity index is 1460. The number of carbonyl (C=O) groups excluding carboxylic acids is 3. The number of carbonyl (C=O) groups is 3. The minimum absolute atomic E-state index is 0.149. The number of piperazine rings is 1. The number of nitrogens with one attached hydrogen (secondary N) is 1. The fraction of sp³-hybridized carbons (Fsp3) is 0.529. The molecule has 1 saturated heterocycles. The fourth-order valence-electron chi connectivity index (χ4n) is 7.02. The Hall–Kier alpha value is -3.72. The van der Waals surface area contributed by atoms with E-state index in [2.05, 4.69) is 27.0 Å². The van der Waals surface area contributed by atoms with Gasteiger partial charge in [0.25, 0.3) is 5.91 Å². The van der Waals surface area contributed by atoms with E-state index in [0.29, 0.717) is 24.4 Å². The van der Waals surface area contributed by atoms with E-state index in [1.54, 1.807) is 18.1 Å². The average molecular weight is 585 g/mol. The Morgan fingerprint density at radius 2 is 1.81 bits per heavy atom. The zero-order valence-corrected chi connectivity index (χ0v) is 25.5. The molecule has 43 heavy (non-hydrogen) atoms. The van der Waals surface area contributed by atoms with Gasteiger partial charge >= 0.3 is 6.03 Å². The molecule has 0 atom stereocenters. The van der Waals surface area contributed by atoms with E-state index in [1.165, 1.54) is 31.2 Å². The standard InChI is InChI=1S/C34H44N6O3/c1-24-5-3-6-27(19-24)33(42)38-16-14-37(15-17-38)22-25-7-11-28(12-8-25)40-23-31(26-9-10-26)30-20-29(21-36-32(30)40)39(13-4-18-41)34(43)35-2/h3,5-6,18-21,23,25-26,28H,4,7-17,22H2,1-2H3,(H,35,43). The molecule has 9 heteroatoms. The second-order valence-electron chi connectivity index (χ2n) is 12.6. The summed E-state index contributed by atoms with van der Waals surface area (Å²) >= 11 is 0. The molecule has 1 N–H and O–H groups in total. The summed E-state index contributed by atoms with van der Waals surface area (Å²) in [6.07, 6.45) is 12.3. The molecule has 3 aromatic rings. The zero-order valence-electron chi connectivity index (χ0n) is 25.5. The summed E-state index contributed by atoms with van der Waals surface area (Å²) in [7, 11) is 1.61. The quantitative estimate of drug-likeness (QED) is 0.352. The van der Waals surface area contributed by atoms with Crippen molar-refractivity contribution in [3.05, 3.63) is 59.4 Å². The van der Waals surface area contributed by atoms with E-state index in [1.807, 2.05) is 36.1 Å². The number of amides is 3. The van der Waals surface area contributed by atoms with Crippen LogP contribution in [0.2, 0.25) is 0 Å². The van der Waals surface area contributed by atoms with Crippen molar-refractivity contribution in [2.24, 2.45) is 5.92 Å². The molecule has 2 aromatic heterocycles. The number of hydrogen-bond acceptors (Lipinski definition) is 5. The molecule has 0 bridgehead atoms. The number of aromatic nitrogens is 2. The fourth-order valence-corrected chi connectivity index (χ4v) is 7.02. The summed E-state index contributed by atoms with van der Waals surface area (Å²) in [5, 5.41) is 3.83. The molecular formula is C34H44N6O3. The number of hydrogen-bond donors (Lipinski definition) is 1. The lowest BCUT2D eigenvalue weighted by Gasteiger charge is -2.38. The van der Waals surface area contributed by atoms with Gasteiger partial charge in [-0.05, 0) is 81.0 Å². The first-order valence-electron chi connectivity index (χ1n) is 16.0. The molecule has 0 unspecified atom stereocenters. The van der Waals surface area contributed by atoms with Gasteiger partial charge in [0, 0.05) is 75.9 Å². The topological polar surface area (TPSA) is 90.8 Å². The molecule has 3 aliphatic rings. The first-order valence-corrected chi connectivity index (χ1v) is 16.0. The van der Waals surface area contributed by atoms with E-state index >= 15 is 0 Å². The number of anilines is 1. The Morgan fingerprint density at radius 3 is 2.49 bits per heavy atom. The molecule has 1 aromatic carbocycles. The van der Waals surface area contributed by atoms with Gasteiger partial charge in [0.15, 0.2) is 0 Å². The third-order valence-corrected chi connectivity index (χ3v) is 9.59. The molecular weight excluding hydrogens is 540 g/mol. The van der Waals surface area contributed by atoms with Gasteiger partial charge in [-0.25, -0.2) is 9.78 Å². The molecule has 2 aliphatic carbocycles. The molecule has 3 fully saturated rings. The highest BCUT2D eigenvalue weighted by Gasteiger charge is 2.32. The van der Waals surface area contributed by atoms with Gasteiger partial charge in [-0.1, -0.05) is 17.7 Å². The molecule has 3 heterocycles. The number of nitrogens with zero attached hydrogens (tertiary/aromatic N) is 5. The van der Waals surface area contributed by atoms with Gasteiger partial charge in [0.05, 0.1) is 11.9 Å². The molecule has 228 valence electrons.